The van der Waals surface area contributed by atoms with Gasteiger partial charge >= 0.3 is 0 Å². The van der Waals surface area contributed by atoms with Gasteiger partial charge in [0.15, 0.2) is 5.82 Å². The van der Waals surface area contributed by atoms with E-state index in [1.54, 1.807) is 0 Å². The van der Waals surface area contributed by atoms with Crippen molar-refractivity contribution < 1.29 is 4.74 Å². The van der Waals surface area contributed by atoms with Crippen LogP contribution in [-0.4, -0.2) is 33.0 Å². The number of fused-ring (bicyclic) bond motifs is 1. The molecule has 0 saturated carbocycles. The van der Waals surface area contributed by atoms with E-state index < -0.39 is 0 Å². The molecule has 2 aromatic heterocycles. The topological polar surface area (TPSA) is 78.3 Å². The van der Waals surface area contributed by atoms with E-state index in [9.17, 15) is 0 Å². The van der Waals surface area contributed by atoms with Gasteiger partial charge < -0.3 is 10.5 Å². The van der Waals surface area contributed by atoms with Crippen LogP contribution in [0.2, 0.25) is 0 Å². The Balaban J connectivity index is 1.94. The van der Waals surface area contributed by atoms with Crippen LogP contribution >= 0.6 is 11.3 Å². The number of hydrogen-bond donors (Lipinski definition) is 1. The van der Waals surface area contributed by atoms with E-state index in [1.165, 1.54) is 11.3 Å². The summed E-state index contributed by atoms with van der Waals surface area (Å²) in [6, 6.07) is -0.000704. The minimum Gasteiger partial charge on any atom is -0.381 e. The van der Waals surface area contributed by atoms with E-state index in [2.05, 4.69) is 22.2 Å². The zero-order valence-electron chi connectivity index (χ0n) is 10.4. The van der Waals surface area contributed by atoms with Crippen molar-refractivity contribution in [1.82, 2.24) is 19.8 Å². The van der Waals surface area contributed by atoms with Gasteiger partial charge in [-0.15, -0.1) is 10.2 Å². The van der Waals surface area contributed by atoms with Gasteiger partial charge in [0.2, 0.25) is 4.96 Å². The Bertz CT molecular complexity index is 531. The molecule has 18 heavy (non-hydrogen) atoms. The van der Waals surface area contributed by atoms with Gasteiger partial charge in [-0.3, -0.25) is 0 Å². The Hall–Kier alpha value is -1.05. The van der Waals surface area contributed by atoms with E-state index >= 15 is 0 Å². The second kappa shape index (κ2) is 4.91. The summed E-state index contributed by atoms with van der Waals surface area (Å²) in [6.07, 6.45) is 2.87. The molecule has 1 unspecified atom stereocenters. The lowest BCUT2D eigenvalue weighted by Gasteiger charge is -2.19. The van der Waals surface area contributed by atoms with Crippen molar-refractivity contribution in [3.8, 4) is 0 Å². The van der Waals surface area contributed by atoms with E-state index in [1.807, 2.05) is 4.52 Å². The Morgan fingerprint density at radius 3 is 2.94 bits per heavy atom. The van der Waals surface area contributed by atoms with Gasteiger partial charge in [0.25, 0.3) is 0 Å². The maximum atomic E-state index is 6.01. The van der Waals surface area contributed by atoms with Crippen LogP contribution in [-0.2, 0) is 4.74 Å². The molecular formula is C11H17N5OS. The predicted octanol–water partition coefficient (Wildman–Crippen LogP) is 1.49. The van der Waals surface area contributed by atoms with E-state index in [-0.39, 0.29) is 6.04 Å². The third-order valence-electron chi connectivity index (χ3n) is 3.37. The van der Waals surface area contributed by atoms with Crippen LogP contribution in [0, 0.1) is 0 Å². The van der Waals surface area contributed by atoms with Crippen molar-refractivity contribution in [2.45, 2.75) is 38.1 Å². The lowest BCUT2D eigenvalue weighted by molar-refractivity contribution is 0.0831. The molecule has 1 aliphatic heterocycles. The van der Waals surface area contributed by atoms with Gasteiger partial charge in [-0.05, 0) is 19.3 Å². The summed E-state index contributed by atoms with van der Waals surface area (Å²) in [5.41, 5.74) is 6.01. The average Bonchev–Trinajstić information content (AvgIpc) is 2.98. The molecule has 1 saturated heterocycles. The third-order valence-corrected chi connectivity index (χ3v) is 4.40. The summed E-state index contributed by atoms with van der Waals surface area (Å²) in [7, 11) is 0. The van der Waals surface area contributed by atoms with Crippen molar-refractivity contribution in [3.05, 3.63) is 10.8 Å². The lowest BCUT2D eigenvalue weighted by Crippen LogP contribution is -2.17. The number of nitrogens with zero attached hydrogens (tertiary/aromatic N) is 4. The molecule has 1 atom stereocenters. The van der Waals surface area contributed by atoms with E-state index in [0.29, 0.717) is 5.92 Å². The van der Waals surface area contributed by atoms with E-state index in [0.717, 1.165) is 48.3 Å². The predicted molar refractivity (Wildman–Crippen MR) is 68.7 cm³/mol. The fourth-order valence-corrected chi connectivity index (χ4v) is 3.11. The molecule has 0 amide bonds. The Labute approximate surface area is 109 Å². The molecule has 2 N–H and O–H groups in total. The lowest BCUT2D eigenvalue weighted by atomic mass is 10.00. The first kappa shape index (κ1) is 12.0. The Morgan fingerprint density at radius 2 is 2.22 bits per heavy atom. The summed E-state index contributed by atoms with van der Waals surface area (Å²) in [6.45, 7) is 3.66. The molecule has 0 spiro atoms. The smallest absolute Gasteiger partial charge is 0.234 e. The fraction of sp³-hybridized carbons (Fsp3) is 0.727. The molecule has 2 aromatic rings. The number of aromatic nitrogens is 4. The minimum atomic E-state index is -0.000704. The second-order valence-corrected chi connectivity index (χ2v) is 5.58. The zero-order valence-corrected chi connectivity index (χ0v) is 11.2. The highest BCUT2D eigenvalue weighted by molar-refractivity contribution is 7.16. The molecule has 1 fully saturated rings. The zero-order chi connectivity index (χ0) is 12.5. The van der Waals surface area contributed by atoms with Gasteiger partial charge in [-0.2, -0.15) is 9.61 Å². The molecule has 0 radical (unpaired) electrons. The normalized spacial score (nSPS) is 19.4. The quantitative estimate of drug-likeness (QED) is 0.911. The molecule has 7 heteroatoms. The SMILES string of the molecule is CCC(N)c1nn2c(C3CCOCC3)nnc2s1. The first-order valence-electron chi connectivity index (χ1n) is 6.35. The largest absolute Gasteiger partial charge is 0.381 e. The highest BCUT2D eigenvalue weighted by Gasteiger charge is 2.23. The molecular weight excluding hydrogens is 250 g/mol. The van der Waals surface area contributed by atoms with Gasteiger partial charge in [0, 0.05) is 19.1 Å². The number of hydrogen-bond acceptors (Lipinski definition) is 6. The Morgan fingerprint density at radius 1 is 1.44 bits per heavy atom. The minimum absolute atomic E-state index is 0.000704. The first-order chi connectivity index (χ1) is 8.79. The maximum Gasteiger partial charge on any atom is 0.234 e. The van der Waals surface area contributed by atoms with Crippen LogP contribution in [0.5, 0.6) is 0 Å². The fourth-order valence-electron chi connectivity index (χ4n) is 2.18. The molecule has 0 aliphatic carbocycles. The maximum absolute atomic E-state index is 6.01. The van der Waals surface area contributed by atoms with Gasteiger partial charge in [0.05, 0.1) is 6.04 Å². The summed E-state index contributed by atoms with van der Waals surface area (Å²) in [5.74, 6) is 1.36. The van der Waals surface area contributed by atoms with Crippen LogP contribution < -0.4 is 5.73 Å². The average molecular weight is 267 g/mol. The second-order valence-electron chi connectivity index (χ2n) is 4.59. The van der Waals surface area contributed by atoms with Crippen molar-refractivity contribution in [2.24, 2.45) is 5.73 Å². The number of rotatable bonds is 3. The summed E-state index contributed by atoms with van der Waals surface area (Å²) >= 11 is 1.54. The third kappa shape index (κ3) is 2.02. The molecule has 3 heterocycles. The van der Waals surface area contributed by atoms with Gasteiger partial charge in [0.1, 0.15) is 5.01 Å². The molecule has 3 rings (SSSR count). The van der Waals surface area contributed by atoms with Crippen LogP contribution in [0.3, 0.4) is 0 Å². The molecule has 6 nitrogen and oxygen atoms in total. The van der Waals surface area contributed by atoms with Crippen molar-refractivity contribution in [1.29, 1.82) is 0 Å². The molecule has 0 bridgehead atoms. The summed E-state index contributed by atoms with van der Waals surface area (Å²) in [4.78, 5) is 0.843. The standard InChI is InChI=1S/C11H17N5OS/c1-2-8(12)10-15-16-9(13-14-11(16)18-10)7-3-5-17-6-4-7/h7-8H,2-6,12H2,1H3. The Kier molecular flexibility index (Phi) is 3.27. The van der Waals surface area contributed by atoms with Crippen molar-refractivity contribution in [2.75, 3.05) is 13.2 Å². The highest BCUT2D eigenvalue weighted by Crippen LogP contribution is 2.28. The van der Waals surface area contributed by atoms with Gasteiger partial charge in [-0.1, -0.05) is 18.3 Å². The first-order valence-corrected chi connectivity index (χ1v) is 7.16. The van der Waals surface area contributed by atoms with Crippen molar-refractivity contribution >= 4 is 16.3 Å². The highest BCUT2D eigenvalue weighted by atomic mass is 32.1. The van der Waals surface area contributed by atoms with Crippen LogP contribution in [0.15, 0.2) is 0 Å². The number of ether oxygens (including phenoxy) is 1. The van der Waals surface area contributed by atoms with Crippen molar-refractivity contribution in [3.63, 3.8) is 0 Å². The van der Waals surface area contributed by atoms with Crippen LogP contribution in [0.4, 0.5) is 0 Å². The van der Waals surface area contributed by atoms with Gasteiger partial charge in [-0.25, -0.2) is 0 Å². The monoisotopic (exact) mass is 267 g/mol. The van der Waals surface area contributed by atoms with E-state index in [4.69, 9.17) is 10.5 Å². The summed E-state index contributed by atoms with van der Waals surface area (Å²) in [5, 5.41) is 14.0. The van der Waals surface area contributed by atoms with Crippen LogP contribution in [0.1, 0.15) is 49.0 Å². The molecule has 98 valence electrons. The van der Waals surface area contributed by atoms with Crippen LogP contribution in [0.25, 0.3) is 4.96 Å². The molecule has 0 aromatic carbocycles. The summed E-state index contributed by atoms with van der Waals surface area (Å²) < 4.78 is 7.24. The molecule has 1 aliphatic rings. The number of nitrogens with two attached hydrogens (primary N) is 1.